The van der Waals surface area contributed by atoms with E-state index in [2.05, 4.69) is 21.8 Å². The average Bonchev–Trinajstić information content (AvgIpc) is 2.37. The summed E-state index contributed by atoms with van der Waals surface area (Å²) in [5, 5.41) is 0. The maximum atomic E-state index is 5.91. The molecule has 5 nitrogen and oxygen atoms in total. The number of piperazine rings is 1. The van der Waals surface area contributed by atoms with Gasteiger partial charge in [0.2, 0.25) is 0 Å². The first-order valence-electron chi connectivity index (χ1n) is 6.12. The highest BCUT2D eigenvalue weighted by Crippen LogP contribution is 2.26. The molecule has 0 aliphatic carbocycles. The molecule has 0 unspecified atom stereocenters. The van der Waals surface area contributed by atoms with Gasteiger partial charge < -0.3 is 21.3 Å². The predicted octanol–water partition coefficient (Wildman–Crippen LogP) is 1.02. The minimum atomic E-state index is 0.423. The second-order valence-corrected chi connectivity index (χ2v) is 3.92. The minimum absolute atomic E-state index is 0.423. The minimum Gasteiger partial charge on any atom is -0.394 e. The fraction of sp³-hybridized carbons (Fsp3) is 0.583. The standard InChI is InChI=1S/C10H17N5.C2H6/c1-14-4-6-15(7-5-14)8-2-3-13-10(12)9(8)11;1-2/h2-3H,4-7,11H2,1H3,(H2,12,13);1-2H3. The summed E-state index contributed by atoms with van der Waals surface area (Å²) in [6.45, 7) is 8.09. The van der Waals surface area contributed by atoms with E-state index in [1.807, 2.05) is 19.9 Å². The Labute approximate surface area is 103 Å². The van der Waals surface area contributed by atoms with E-state index in [-0.39, 0.29) is 0 Å². The van der Waals surface area contributed by atoms with Crippen LogP contribution in [0.4, 0.5) is 17.2 Å². The molecule has 1 aromatic rings. The second-order valence-electron chi connectivity index (χ2n) is 3.92. The molecule has 2 heterocycles. The maximum Gasteiger partial charge on any atom is 0.148 e. The van der Waals surface area contributed by atoms with E-state index >= 15 is 0 Å². The van der Waals surface area contributed by atoms with Crippen molar-refractivity contribution in [3.63, 3.8) is 0 Å². The Kier molecular flexibility index (Phi) is 5.03. The van der Waals surface area contributed by atoms with E-state index in [9.17, 15) is 0 Å². The van der Waals surface area contributed by atoms with Crippen LogP contribution in [0.3, 0.4) is 0 Å². The van der Waals surface area contributed by atoms with Gasteiger partial charge >= 0.3 is 0 Å². The zero-order valence-electron chi connectivity index (χ0n) is 11.0. The summed E-state index contributed by atoms with van der Waals surface area (Å²) in [5.41, 5.74) is 13.2. The molecule has 1 aromatic heterocycles. The summed E-state index contributed by atoms with van der Waals surface area (Å²) < 4.78 is 0. The van der Waals surface area contributed by atoms with Gasteiger partial charge in [0.15, 0.2) is 0 Å². The molecule has 5 heteroatoms. The van der Waals surface area contributed by atoms with E-state index in [4.69, 9.17) is 11.5 Å². The van der Waals surface area contributed by atoms with Crippen molar-refractivity contribution in [3.8, 4) is 0 Å². The van der Waals surface area contributed by atoms with Gasteiger partial charge in [-0.3, -0.25) is 0 Å². The number of aromatic nitrogens is 1. The van der Waals surface area contributed by atoms with Crippen molar-refractivity contribution in [2.24, 2.45) is 0 Å². The van der Waals surface area contributed by atoms with Gasteiger partial charge in [0.05, 0.1) is 11.4 Å². The Morgan fingerprint density at radius 1 is 1.12 bits per heavy atom. The lowest BCUT2D eigenvalue weighted by Gasteiger charge is -2.34. The van der Waals surface area contributed by atoms with Gasteiger partial charge in [-0.2, -0.15) is 0 Å². The molecule has 0 atom stereocenters. The fourth-order valence-electron chi connectivity index (χ4n) is 1.80. The number of anilines is 3. The van der Waals surface area contributed by atoms with Gasteiger partial charge in [-0.25, -0.2) is 4.98 Å². The molecule has 1 aliphatic heterocycles. The number of likely N-dealkylation sites (N-methyl/N-ethyl adjacent to an activating group) is 1. The number of nitrogens with two attached hydrogens (primary N) is 2. The van der Waals surface area contributed by atoms with Crippen LogP contribution in [0.5, 0.6) is 0 Å². The predicted molar refractivity (Wildman–Crippen MR) is 74.1 cm³/mol. The highest BCUT2D eigenvalue weighted by atomic mass is 15.3. The molecule has 1 aliphatic rings. The normalized spacial score (nSPS) is 16.3. The molecule has 0 bridgehead atoms. The van der Waals surface area contributed by atoms with Crippen LogP contribution in [0.1, 0.15) is 13.8 Å². The van der Waals surface area contributed by atoms with Gasteiger partial charge in [0, 0.05) is 32.4 Å². The van der Waals surface area contributed by atoms with Crippen LogP contribution in [0.25, 0.3) is 0 Å². The van der Waals surface area contributed by atoms with E-state index < -0.39 is 0 Å². The first-order chi connectivity index (χ1) is 8.18. The number of hydrogen-bond acceptors (Lipinski definition) is 5. The lowest BCUT2D eigenvalue weighted by atomic mass is 10.2. The third-order valence-electron chi connectivity index (χ3n) is 2.84. The van der Waals surface area contributed by atoms with Crippen LogP contribution in [0, 0.1) is 0 Å². The number of hydrogen-bond donors (Lipinski definition) is 2. The van der Waals surface area contributed by atoms with Crippen LogP contribution < -0.4 is 16.4 Å². The molecule has 0 amide bonds. The molecule has 0 aromatic carbocycles. The Bertz CT molecular complexity index is 345. The van der Waals surface area contributed by atoms with E-state index in [0.29, 0.717) is 11.5 Å². The lowest BCUT2D eigenvalue weighted by Crippen LogP contribution is -2.44. The third-order valence-corrected chi connectivity index (χ3v) is 2.84. The molecule has 1 saturated heterocycles. The lowest BCUT2D eigenvalue weighted by molar-refractivity contribution is 0.313. The average molecular weight is 237 g/mol. The van der Waals surface area contributed by atoms with Gasteiger partial charge in [-0.05, 0) is 13.1 Å². The summed E-state index contributed by atoms with van der Waals surface area (Å²) >= 11 is 0. The van der Waals surface area contributed by atoms with Crippen molar-refractivity contribution < 1.29 is 0 Å². The largest absolute Gasteiger partial charge is 0.394 e. The van der Waals surface area contributed by atoms with Crippen LogP contribution in [-0.4, -0.2) is 43.1 Å². The number of nitrogens with zero attached hydrogens (tertiary/aromatic N) is 3. The van der Waals surface area contributed by atoms with Crippen molar-refractivity contribution in [1.82, 2.24) is 9.88 Å². The number of rotatable bonds is 1. The first-order valence-corrected chi connectivity index (χ1v) is 6.12. The highest BCUT2D eigenvalue weighted by molar-refractivity contribution is 5.76. The fourth-order valence-corrected chi connectivity index (χ4v) is 1.80. The first kappa shape index (κ1) is 13.6. The Morgan fingerprint density at radius 2 is 1.71 bits per heavy atom. The molecule has 0 saturated carbocycles. The van der Waals surface area contributed by atoms with Gasteiger partial charge in [-0.1, -0.05) is 13.8 Å². The molecular weight excluding hydrogens is 214 g/mol. The van der Waals surface area contributed by atoms with Crippen LogP contribution in [0.15, 0.2) is 12.3 Å². The van der Waals surface area contributed by atoms with Crippen molar-refractivity contribution in [2.45, 2.75) is 13.8 Å². The molecule has 96 valence electrons. The Morgan fingerprint density at radius 3 is 2.29 bits per heavy atom. The molecule has 0 radical (unpaired) electrons. The summed E-state index contributed by atoms with van der Waals surface area (Å²) in [5.74, 6) is 0.423. The molecular formula is C12H23N5. The Hall–Kier alpha value is -1.49. The summed E-state index contributed by atoms with van der Waals surface area (Å²) in [6, 6.07) is 1.93. The molecule has 2 rings (SSSR count). The molecule has 17 heavy (non-hydrogen) atoms. The van der Waals surface area contributed by atoms with E-state index in [0.717, 1.165) is 31.9 Å². The smallest absolute Gasteiger partial charge is 0.148 e. The van der Waals surface area contributed by atoms with Crippen molar-refractivity contribution in [1.29, 1.82) is 0 Å². The number of nitrogen functional groups attached to an aromatic ring is 2. The summed E-state index contributed by atoms with van der Waals surface area (Å²) in [7, 11) is 2.13. The molecule has 4 N–H and O–H groups in total. The third kappa shape index (κ3) is 3.23. The monoisotopic (exact) mass is 237 g/mol. The molecule has 1 fully saturated rings. The van der Waals surface area contributed by atoms with Gasteiger partial charge in [0.25, 0.3) is 0 Å². The van der Waals surface area contributed by atoms with Crippen molar-refractivity contribution in [2.75, 3.05) is 49.6 Å². The van der Waals surface area contributed by atoms with E-state index in [1.165, 1.54) is 0 Å². The second kappa shape index (κ2) is 6.30. The quantitative estimate of drug-likeness (QED) is 0.763. The van der Waals surface area contributed by atoms with Crippen LogP contribution in [-0.2, 0) is 0 Å². The van der Waals surface area contributed by atoms with Crippen molar-refractivity contribution in [3.05, 3.63) is 12.3 Å². The zero-order chi connectivity index (χ0) is 12.8. The summed E-state index contributed by atoms with van der Waals surface area (Å²) in [6.07, 6.45) is 1.71. The molecule has 0 spiro atoms. The van der Waals surface area contributed by atoms with Crippen LogP contribution in [0.2, 0.25) is 0 Å². The summed E-state index contributed by atoms with van der Waals surface area (Å²) in [4.78, 5) is 8.52. The SMILES string of the molecule is CC.CN1CCN(c2ccnc(N)c2N)CC1. The number of pyridine rings is 1. The maximum absolute atomic E-state index is 5.91. The van der Waals surface area contributed by atoms with Crippen molar-refractivity contribution >= 4 is 17.2 Å². The Balaban J connectivity index is 0.000000686. The van der Waals surface area contributed by atoms with Gasteiger partial charge in [-0.15, -0.1) is 0 Å². The highest BCUT2D eigenvalue weighted by Gasteiger charge is 2.17. The zero-order valence-corrected chi connectivity index (χ0v) is 11.0. The topological polar surface area (TPSA) is 71.4 Å². The van der Waals surface area contributed by atoms with Gasteiger partial charge in [0.1, 0.15) is 5.82 Å². The van der Waals surface area contributed by atoms with Crippen LogP contribution >= 0.6 is 0 Å². The van der Waals surface area contributed by atoms with E-state index in [1.54, 1.807) is 6.20 Å².